The SMILES string of the molecule is O=C1c2ccccc2C(=O)C12O[C@@H](c1ccccc1)C1(C(=O)c3ccccc3C1=O)[C@@H]2c1ccccc1O. The zero-order valence-corrected chi connectivity index (χ0v) is 20.0. The second kappa shape index (κ2) is 7.66. The van der Waals surface area contributed by atoms with Gasteiger partial charge >= 0.3 is 0 Å². The third kappa shape index (κ3) is 2.50. The van der Waals surface area contributed by atoms with Crippen molar-refractivity contribution in [3.63, 3.8) is 0 Å². The number of fused-ring (bicyclic) bond motifs is 2. The Morgan fingerprint density at radius 2 is 1.00 bits per heavy atom. The van der Waals surface area contributed by atoms with Crippen molar-refractivity contribution < 1.29 is 29.0 Å². The van der Waals surface area contributed by atoms with Gasteiger partial charge in [0.15, 0.2) is 11.6 Å². The lowest BCUT2D eigenvalue weighted by Crippen LogP contribution is -2.51. The number of hydrogen-bond donors (Lipinski definition) is 1. The van der Waals surface area contributed by atoms with Crippen LogP contribution in [0.1, 0.15) is 64.6 Å². The molecular weight excluding hydrogens is 480 g/mol. The topological polar surface area (TPSA) is 97.7 Å². The first-order valence-corrected chi connectivity index (χ1v) is 12.3. The van der Waals surface area contributed by atoms with Gasteiger partial charge in [0.05, 0.1) is 5.92 Å². The van der Waals surface area contributed by atoms with Gasteiger partial charge in [0.1, 0.15) is 17.3 Å². The summed E-state index contributed by atoms with van der Waals surface area (Å²) < 4.78 is 6.58. The molecule has 4 aromatic rings. The Morgan fingerprint density at radius 3 is 1.53 bits per heavy atom. The van der Waals surface area contributed by atoms with E-state index in [1.807, 2.05) is 0 Å². The highest BCUT2D eigenvalue weighted by atomic mass is 16.5. The number of aromatic hydroxyl groups is 1. The zero-order chi connectivity index (χ0) is 26.2. The molecule has 0 unspecified atom stereocenters. The molecule has 1 saturated heterocycles. The molecule has 3 aliphatic rings. The molecule has 1 N–H and O–H groups in total. The summed E-state index contributed by atoms with van der Waals surface area (Å²) in [7, 11) is 0. The fraction of sp³-hybridized carbons (Fsp3) is 0.125. The van der Waals surface area contributed by atoms with Gasteiger partial charge in [-0.3, -0.25) is 19.2 Å². The van der Waals surface area contributed by atoms with Crippen molar-refractivity contribution in [3.05, 3.63) is 137 Å². The lowest BCUT2D eigenvalue weighted by atomic mass is 9.59. The maximum atomic E-state index is 14.5. The largest absolute Gasteiger partial charge is 0.508 e. The highest BCUT2D eigenvalue weighted by Crippen LogP contribution is 2.68. The third-order valence-electron chi connectivity index (χ3n) is 8.19. The highest BCUT2D eigenvalue weighted by molar-refractivity contribution is 6.37. The number of carbonyl (C=O) groups is 4. The van der Waals surface area contributed by atoms with Crippen molar-refractivity contribution in [2.75, 3.05) is 0 Å². The number of carbonyl (C=O) groups excluding carboxylic acids is 4. The zero-order valence-electron chi connectivity index (χ0n) is 20.0. The number of phenols is 1. The molecular formula is C32H20O6. The minimum Gasteiger partial charge on any atom is -0.508 e. The van der Waals surface area contributed by atoms with Gasteiger partial charge < -0.3 is 9.84 Å². The summed E-state index contributed by atoms with van der Waals surface area (Å²) >= 11 is 0. The van der Waals surface area contributed by atoms with Crippen LogP contribution in [0.4, 0.5) is 0 Å². The summed E-state index contributed by atoms with van der Waals surface area (Å²) in [5.41, 5.74) is -2.88. The molecule has 0 aromatic heterocycles. The molecule has 1 aliphatic heterocycles. The first-order valence-electron chi connectivity index (χ1n) is 12.3. The van der Waals surface area contributed by atoms with E-state index in [4.69, 9.17) is 4.74 Å². The second-order valence-corrected chi connectivity index (χ2v) is 9.91. The maximum absolute atomic E-state index is 14.5. The number of ether oxygens (including phenoxy) is 1. The van der Waals surface area contributed by atoms with E-state index in [2.05, 4.69) is 0 Å². The van der Waals surface area contributed by atoms with Crippen molar-refractivity contribution in [3.8, 4) is 5.75 Å². The lowest BCUT2D eigenvalue weighted by molar-refractivity contribution is -0.0211. The number of para-hydroxylation sites is 1. The van der Waals surface area contributed by atoms with Gasteiger partial charge in [-0.15, -0.1) is 0 Å². The van der Waals surface area contributed by atoms with Crippen molar-refractivity contribution in [2.45, 2.75) is 17.6 Å². The minimum absolute atomic E-state index is 0.134. The molecule has 0 radical (unpaired) electrons. The average Bonchev–Trinajstić information content (AvgIpc) is 3.48. The number of hydrogen-bond acceptors (Lipinski definition) is 6. The highest BCUT2D eigenvalue weighted by Gasteiger charge is 2.79. The van der Waals surface area contributed by atoms with E-state index in [-0.39, 0.29) is 33.6 Å². The van der Waals surface area contributed by atoms with Crippen LogP contribution >= 0.6 is 0 Å². The van der Waals surface area contributed by atoms with Gasteiger partial charge in [-0.2, -0.15) is 0 Å². The van der Waals surface area contributed by atoms with Gasteiger partial charge in [0, 0.05) is 27.8 Å². The Balaban J connectivity index is 1.61. The van der Waals surface area contributed by atoms with Crippen LogP contribution in [0.25, 0.3) is 0 Å². The Hall–Kier alpha value is -4.68. The summed E-state index contributed by atoms with van der Waals surface area (Å²) in [5.74, 6) is -3.97. The van der Waals surface area contributed by atoms with E-state index in [0.29, 0.717) is 5.56 Å². The minimum atomic E-state index is -2.23. The molecule has 38 heavy (non-hydrogen) atoms. The summed E-state index contributed by atoms with van der Waals surface area (Å²) in [6, 6.07) is 27.8. The fourth-order valence-electron chi connectivity index (χ4n) is 6.65. The predicted octanol–water partition coefficient (Wildman–Crippen LogP) is 5.13. The van der Waals surface area contributed by atoms with E-state index < -0.39 is 46.2 Å². The van der Waals surface area contributed by atoms with E-state index in [0.717, 1.165) is 0 Å². The monoisotopic (exact) mass is 500 g/mol. The molecule has 2 atom stereocenters. The van der Waals surface area contributed by atoms with E-state index in [9.17, 15) is 24.3 Å². The van der Waals surface area contributed by atoms with Crippen LogP contribution in [0.15, 0.2) is 103 Å². The second-order valence-electron chi connectivity index (χ2n) is 9.91. The van der Waals surface area contributed by atoms with Crippen LogP contribution in [0.3, 0.4) is 0 Å². The number of benzene rings is 4. The quantitative estimate of drug-likeness (QED) is 0.383. The molecule has 0 saturated carbocycles. The molecule has 0 amide bonds. The van der Waals surface area contributed by atoms with Crippen molar-refractivity contribution in [2.24, 2.45) is 5.41 Å². The van der Waals surface area contributed by atoms with Crippen LogP contribution in [-0.2, 0) is 4.74 Å². The molecule has 1 heterocycles. The molecule has 2 spiro atoms. The maximum Gasteiger partial charge on any atom is 0.204 e. The first-order chi connectivity index (χ1) is 18.4. The van der Waals surface area contributed by atoms with E-state index in [1.54, 1.807) is 97.1 Å². The van der Waals surface area contributed by atoms with Crippen LogP contribution in [0, 0.1) is 5.41 Å². The van der Waals surface area contributed by atoms with E-state index in [1.165, 1.54) is 6.07 Å². The van der Waals surface area contributed by atoms with Gasteiger partial charge in [-0.1, -0.05) is 97.1 Å². The fourth-order valence-corrected chi connectivity index (χ4v) is 6.65. The molecule has 6 nitrogen and oxygen atoms in total. The molecule has 7 rings (SSSR count). The first kappa shape index (κ1) is 22.5. The number of Topliss-reactive ketones (excluding diaryl/α,β-unsaturated/α-hetero) is 4. The van der Waals surface area contributed by atoms with Gasteiger partial charge in [-0.05, 0) is 11.6 Å². The molecule has 184 valence electrons. The molecule has 2 aliphatic carbocycles. The average molecular weight is 501 g/mol. The normalized spacial score (nSPS) is 22.3. The Labute approximate surface area is 217 Å². The smallest absolute Gasteiger partial charge is 0.204 e. The number of ketones is 4. The van der Waals surface area contributed by atoms with Crippen molar-refractivity contribution in [1.82, 2.24) is 0 Å². The van der Waals surface area contributed by atoms with Crippen molar-refractivity contribution >= 4 is 23.1 Å². The van der Waals surface area contributed by atoms with Crippen LogP contribution in [0.2, 0.25) is 0 Å². The van der Waals surface area contributed by atoms with E-state index >= 15 is 0 Å². The van der Waals surface area contributed by atoms with Gasteiger partial charge in [0.25, 0.3) is 0 Å². The summed E-state index contributed by atoms with van der Waals surface area (Å²) in [4.78, 5) is 57.6. The molecule has 6 heteroatoms. The third-order valence-corrected chi connectivity index (χ3v) is 8.19. The van der Waals surface area contributed by atoms with Crippen LogP contribution in [-0.4, -0.2) is 33.8 Å². The number of phenolic OH excluding ortho intramolecular Hbond substituents is 1. The Morgan fingerprint density at radius 1 is 0.553 bits per heavy atom. The molecule has 0 bridgehead atoms. The van der Waals surface area contributed by atoms with Gasteiger partial charge in [-0.25, -0.2) is 0 Å². The van der Waals surface area contributed by atoms with Crippen molar-refractivity contribution in [1.29, 1.82) is 0 Å². The van der Waals surface area contributed by atoms with Crippen LogP contribution in [0.5, 0.6) is 5.75 Å². The standard InChI is InChI=1S/C32H20O6/c33-24-17-9-8-16-23(24)25-31(26(34)19-12-4-5-13-20(19)27(31)35)30(18-10-2-1-3-11-18)38-32(25)28(36)21-14-6-7-15-22(21)29(32)37/h1-17,25,30,33H/t25-,30-/m0/s1. The molecule has 1 fully saturated rings. The van der Waals surface area contributed by atoms with Crippen LogP contribution < -0.4 is 0 Å². The molecule has 4 aromatic carbocycles. The van der Waals surface area contributed by atoms with Gasteiger partial charge in [0.2, 0.25) is 17.2 Å². The summed E-state index contributed by atoms with van der Waals surface area (Å²) in [6.07, 6.45) is -1.26. The predicted molar refractivity (Wildman–Crippen MR) is 136 cm³/mol. The number of rotatable bonds is 2. The summed E-state index contributed by atoms with van der Waals surface area (Å²) in [6.45, 7) is 0. The Bertz CT molecular complexity index is 1630. The Kier molecular flexibility index (Phi) is 4.54. The lowest BCUT2D eigenvalue weighted by Gasteiger charge is -2.35. The summed E-state index contributed by atoms with van der Waals surface area (Å²) in [5, 5.41) is 11.1.